The van der Waals surface area contributed by atoms with Crippen molar-refractivity contribution in [2.45, 2.75) is 16.4 Å². The fourth-order valence-corrected chi connectivity index (χ4v) is 3.50. The Kier molecular flexibility index (Phi) is 2.96. The van der Waals surface area contributed by atoms with Crippen LogP contribution in [0.4, 0.5) is 0 Å². The Hall–Kier alpha value is -1.93. The number of aryl methyl sites for hydroxylation is 1. The first-order chi connectivity index (χ1) is 9.11. The van der Waals surface area contributed by atoms with Gasteiger partial charge >= 0.3 is 5.97 Å². The predicted molar refractivity (Wildman–Crippen MR) is 71.8 cm³/mol. The van der Waals surface area contributed by atoms with E-state index < -0.39 is 5.97 Å². The molecule has 0 unspecified atom stereocenters. The van der Waals surface area contributed by atoms with Crippen LogP contribution in [0.2, 0.25) is 0 Å². The van der Waals surface area contributed by atoms with Crippen molar-refractivity contribution in [3.05, 3.63) is 29.6 Å². The minimum absolute atomic E-state index is 0.265. The van der Waals surface area contributed by atoms with Crippen LogP contribution in [0.3, 0.4) is 0 Å². The van der Waals surface area contributed by atoms with Gasteiger partial charge in [0.15, 0.2) is 4.34 Å². The number of hydrogen-bond donors (Lipinski definition) is 2. The highest BCUT2D eigenvalue weighted by atomic mass is 32.2. The minimum Gasteiger partial charge on any atom is -0.478 e. The summed E-state index contributed by atoms with van der Waals surface area (Å²) in [7, 11) is 0. The molecule has 8 heteroatoms. The molecule has 0 saturated carbocycles. The van der Waals surface area contributed by atoms with Crippen LogP contribution in [0.25, 0.3) is 10.2 Å². The van der Waals surface area contributed by atoms with Crippen molar-refractivity contribution in [1.82, 2.24) is 20.2 Å². The number of aromatic amines is 1. The highest BCUT2D eigenvalue weighted by Crippen LogP contribution is 2.33. The number of thiazole rings is 1. The molecule has 96 valence electrons. The van der Waals surface area contributed by atoms with Crippen molar-refractivity contribution in [2.75, 3.05) is 0 Å². The Morgan fingerprint density at radius 1 is 1.42 bits per heavy atom. The van der Waals surface area contributed by atoms with E-state index in [1.807, 2.05) is 6.92 Å². The molecule has 0 fully saturated rings. The minimum atomic E-state index is -0.936. The number of nitrogens with zero attached hydrogens (tertiary/aromatic N) is 3. The van der Waals surface area contributed by atoms with E-state index >= 15 is 0 Å². The molecule has 0 atom stereocenters. The van der Waals surface area contributed by atoms with Gasteiger partial charge in [0.25, 0.3) is 0 Å². The highest BCUT2D eigenvalue weighted by molar-refractivity contribution is 8.01. The number of carboxylic acids is 1. The number of carbonyl (C=O) groups is 1. The molecule has 6 nitrogen and oxygen atoms in total. The van der Waals surface area contributed by atoms with Crippen molar-refractivity contribution in [1.29, 1.82) is 0 Å². The highest BCUT2D eigenvalue weighted by Gasteiger charge is 2.11. The van der Waals surface area contributed by atoms with Crippen molar-refractivity contribution in [2.24, 2.45) is 0 Å². The fourth-order valence-electron chi connectivity index (χ4n) is 1.53. The Balaban J connectivity index is 1.95. The lowest BCUT2D eigenvalue weighted by Crippen LogP contribution is -1.94. The number of benzene rings is 1. The van der Waals surface area contributed by atoms with E-state index in [4.69, 9.17) is 5.11 Å². The van der Waals surface area contributed by atoms with Gasteiger partial charge in [-0.15, -0.1) is 16.4 Å². The van der Waals surface area contributed by atoms with Crippen molar-refractivity contribution in [3.8, 4) is 0 Å². The van der Waals surface area contributed by atoms with Gasteiger partial charge in [-0.05, 0) is 36.9 Å². The molecule has 2 heterocycles. The quantitative estimate of drug-likeness (QED) is 0.771. The van der Waals surface area contributed by atoms with E-state index in [2.05, 4.69) is 20.2 Å². The standard InChI is InChI=1S/C11H8N4O2S2/c1-5-12-10(15-14-5)19-11-13-7-3-2-6(9(16)17)4-8(7)18-11/h2-4H,1H3,(H,16,17)(H,12,14,15). The van der Waals surface area contributed by atoms with Crippen LogP contribution in [0.5, 0.6) is 0 Å². The molecule has 0 aliphatic carbocycles. The van der Waals surface area contributed by atoms with Crippen molar-refractivity contribution in [3.63, 3.8) is 0 Å². The molecule has 0 saturated heterocycles. The monoisotopic (exact) mass is 292 g/mol. The summed E-state index contributed by atoms with van der Waals surface area (Å²) >= 11 is 2.78. The lowest BCUT2D eigenvalue weighted by Gasteiger charge is -1.91. The summed E-state index contributed by atoms with van der Waals surface area (Å²) in [4.78, 5) is 19.5. The molecule has 3 aromatic rings. The van der Waals surface area contributed by atoms with Crippen LogP contribution < -0.4 is 0 Å². The van der Waals surface area contributed by atoms with Gasteiger partial charge in [-0.1, -0.05) is 0 Å². The summed E-state index contributed by atoms with van der Waals surface area (Å²) in [5.74, 6) is -0.189. The van der Waals surface area contributed by atoms with E-state index in [1.165, 1.54) is 23.1 Å². The predicted octanol–water partition coefficient (Wildman–Crippen LogP) is 2.57. The molecular formula is C11H8N4O2S2. The van der Waals surface area contributed by atoms with Crippen LogP contribution in [0.15, 0.2) is 27.7 Å². The zero-order chi connectivity index (χ0) is 13.4. The zero-order valence-corrected chi connectivity index (χ0v) is 11.4. The van der Waals surface area contributed by atoms with Gasteiger partial charge in [-0.2, -0.15) is 0 Å². The van der Waals surface area contributed by atoms with Gasteiger partial charge in [0.2, 0.25) is 5.16 Å². The maximum atomic E-state index is 10.9. The second-order valence-electron chi connectivity index (χ2n) is 3.77. The molecule has 2 aromatic heterocycles. The summed E-state index contributed by atoms with van der Waals surface area (Å²) < 4.78 is 1.63. The van der Waals surface area contributed by atoms with Crippen molar-refractivity contribution >= 4 is 39.3 Å². The second kappa shape index (κ2) is 4.63. The SMILES string of the molecule is Cc1nc(Sc2nc3ccc(C(=O)O)cc3s2)n[nH]1. The molecule has 0 bridgehead atoms. The van der Waals surface area contributed by atoms with Gasteiger partial charge in [-0.3, -0.25) is 5.10 Å². The molecule has 0 aliphatic heterocycles. The number of rotatable bonds is 3. The summed E-state index contributed by atoms with van der Waals surface area (Å²) in [5, 5.41) is 16.3. The Morgan fingerprint density at radius 2 is 2.26 bits per heavy atom. The molecule has 0 aliphatic rings. The maximum Gasteiger partial charge on any atom is 0.335 e. The van der Waals surface area contributed by atoms with Crippen LogP contribution in [-0.2, 0) is 0 Å². The third-order valence-corrected chi connectivity index (χ3v) is 4.31. The maximum absolute atomic E-state index is 10.9. The lowest BCUT2D eigenvalue weighted by molar-refractivity contribution is 0.0697. The number of H-pyrrole nitrogens is 1. The Labute approximate surface area is 115 Å². The average Bonchev–Trinajstić information content (AvgIpc) is 2.94. The molecule has 19 heavy (non-hydrogen) atoms. The fraction of sp³-hybridized carbons (Fsp3) is 0.0909. The average molecular weight is 292 g/mol. The van der Waals surface area contributed by atoms with E-state index in [9.17, 15) is 4.79 Å². The summed E-state index contributed by atoms with van der Waals surface area (Å²) in [6.45, 7) is 1.83. The van der Waals surface area contributed by atoms with E-state index in [1.54, 1.807) is 18.2 Å². The topological polar surface area (TPSA) is 91.8 Å². The molecule has 0 radical (unpaired) electrons. The smallest absolute Gasteiger partial charge is 0.335 e. The van der Waals surface area contributed by atoms with Gasteiger partial charge in [0, 0.05) is 0 Å². The van der Waals surface area contributed by atoms with E-state index in [0.29, 0.717) is 5.16 Å². The van der Waals surface area contributed by atoms with Gasteiger partial charge < -0.3 is 5.11 Å². The third-order valence-electron chi connectivity index (χ3n) is 2.37. The number of carboxylic acid groups (broad SMARTS) is 1. The molecule has 0 amide bonds. The first kappa shape index (κ1) is 12.1. The van der Waals surface area contributed by atoms with Gasteiger partial charge in [0.05, 0.1) is 15.8 Å². The molecule has 3 rings (SSSR count). The first-order valence-corrected chi connectivity index (χ1v) is 6.96. The number of aromatic carboxylic acids is 1. The Bertz CT molecular complexity index is 765. The Morgan fingerprint density at radius 3 is 2.95 bits per heavy atom. The molecule has 0 spiro atoms. The summed E-state index contributed by atoms with van der Waals surface area (Å²) in [5.41, 5.74) is 1.05. The van der Waals surface area contributed by atoms with E-state index in [0.717, 1.165) is 20.4 Å². The number of hydrogen-bond acceptors (Lipinski definition) is 6. The van der Waals surface area contributed by atoms with Crippen LogP contribution >= 0.6 is 23.1 Å². The van der Waals surface area contributed by atoms with Crippen LogP contribution in [-0.4, -0.2) is 31.2 Å². The molecule has 2 N–H and O–H groups in total. The lowest BCUT2D eigenvalue weighted by atomic mass is 10.2. The van der Waals surface area contributed by atoms with Gasteiger partial charge in [-0.25, -0.2) is 14.8 Å². The number of fused-ring (bicyclic) bond motifs is 1. The molecule has 1 aromatic carbocycles. The van der Waals surface area contributed by atoms with E-state index in [-0.39, 0.29) is 5.56 Å². The van der Waals surface area contributed by atoms with Gasteiger partial charge in [0.1, 0.15) is 5.82 Å². The normalized spacial score (nSPS) is 11.0. The van der Waals surface area contributed by atoms with Crippen molar-refractivity contribution < 1.29 is 9.90 Å². The molecular weight excluding hydrogens is 284 g/mol. The van der Waals surface area contributed by atoms with Crippen LogP contribution in [0.1, 0.15) is 16.2 Å². The number of aromatic nitrogens is 4. The summed E-state index contributed by atoms with van der Waals surface area (Å²) in [6, 6.07) is 4.89. The largest absolute Gasteiger partial charge is 0.478 e. The third kappa shape index (κ3) is 2.45. The summed E-state index contributed by atoms with van der Waals surface area (Å²) in [6.07, 6.45) is 0. The second-order valence-corrected chi connectivity index (χ2v) is 6.02. The number of nitrogens with one attached hydrogen (secondary N) is 1. The zero-order valence-electron chi connectivity index (χ0n) is 9.75. The van der Waals surface area contributed by atoms with Crippen LogP contribution in [0, 0.1) is 6.92 Å². The first-order valence-electron chi connectivity index (χ1n) is 5.32.